The number of nitrogen functional groups attached to an aromatic ring is 1. The van der Waals surface area contributed by atoms with Crippen molar-refractivity contribution in [3.63, 3.8) is 0 Å². The number of nitrogens with zero attached hydrogens (tertiary/aromatic N) is 2. The van der Waals surface area contributed by atoms with E-state index in [1.165, 1.54) is 0 Å². The van der Waals surface area contributed by atoms with Crippen LogP contribution in [0.2, 0.25) is 5.02 Å². The van der Waals surface area contributed by atoms with Crippen molar-refractivity contribution in [2.45, 2.75) is 40.2 Å². The summed E-state index contributed by atoms with van der Waals surface area (Å²) in [4.78, 5) is 4.77. The Morgan fingerprint density at radius 2 is 2.10 bits per heavy atom. The maximum atomic E-state index is 6.36. The molecule has 0 saturated carbocycles. The summed E-state index contributed by atoms with van der Waals surface area (Å²) in [6.07, 6.45) is 1.99. The SMILES string of the molecule is CCCc1nc(-c2ccc(Cl)c(Br)c2)c(N)n1CC(C)C. The molecule has 114 valence electrons. The third-order valence-electron chi connectivity index (χ3n) is 3.30. The lowest BCUT2D eigenvalue weighted by Gasteiger charge is -2.12. The zero-order chi connectivity index (χ0) is 15.6. The summed E-state index contributed by atoms with van der Waals surface area (Å²) < 4.78 is 3.00. The van der Waals surface area contributed by atoms with Gasteiger partial charge in [0.05, 0.1) is 5.02 Å². The Hall–Kier alpha value is -1.00. The molecule has 1 aromatic carbocycles. The van der Waals surface area contributed by atoms with Crippen LogP contribution in [0, 0.1) is 5.92 Å². The molecule has 0 aliphatic heterocycles. The van der Waals surface area contributed by atoms with Crippen LogP contribution in [0.25, 0.3) is 11.3 Å². The number of rotatable bonds is 5. The van der Waals surface area contributed by atoms with E-state index in [0.717, 1.165) is 46.8 Å². The molecule has 0 saturated heterocycles. The maximum absolute atomic E-state index is 6.36. The summed E-state index contributed by atoms with van der Waals surface area (Å²) in [6, 6.07) is 5.79. The van der Waals surface area contributed by atoms with Gasteiger partial charge < -0.3 is 10.3 Å². The molecular weight excluding hydrogens is 350 g/mol. The van der Waals surface area contributed by atoms with Gasteiger partial charge in [0, 0.05) is 23.0 Å². The number of imidazole rings is 1. The van der Waals surface area contributed by atoms with Gasteiger partial charge in [-0.3, -0.25) is 0 Å². The van der Waals surface area contributed by atoms with Crippen LogP contribution in [0.4, 0.5) is 5.82 Å². The molecule has 0 fully saturated rings. The quantitative estimate of drug-likeness (QED) is 0.790. The Morgan fingerprint density at radius 1 is 1.38 bits per heavy atom. The Morgan fingerprint density at radius 3 is 2.67 bits per heavy atom. The smallest absolute Gasteiger partial charge is 0.131 e. The van der Waals surface area contributed by atoms with Crippen LogP contribution >= 0.6 is 27.5 Å². The fraction of sp³-hybridized carbons (Fsp3) is 0.438. The normalized spacial score (nSPS) is 11.3. The third-order valence-corrected chi connectivity index (χ3v) is 4.51. The van der Waals surface area contributed by atoms with Crippen molar-refractivity contribution >= 4 is 33.3 Å². The van der Waals surface area contributed by atoms with Gasteiger partial charge in [0.2, 0.25) is 0 Å². The molecule has 5 heteroatoms. The summed E-state index contributed by atoms with van der Waals surface area (Å²) >= 11 is 9.52. The van der Waals surface area contributed by atoms with E-state index >= 15 is 0 Å². The van der Waals surface area contributed by atoms with Crippen LogP contribution < -0.4 is 5.73 Å². The molecule has 0 aliphatic rings. The average Bonchev–Trinajstić information content (AvgIpc) is 2.71. The molecule has 0 aliphatic carbocycles. The van der Waals surface area contributed by atoms with Crippen LogP contribution in [-0.2, 0) is 13.0 Å². The van der Waals surface area contributed by atoms with Crippen LogP contribution in [0.1, 0.15) is 33.0 Å². The fourth-order valence-electron chi connectivity index (χ4n) is 2.35. The van der Waals surface area contributed by atoms with Gasteiger partial charge in [0.25, 0.3) is 0 Å². The van der Waals surface area contributed by atoms with Crippen LogP contribution in [0.15, 0.2) is 22.7 Å². The number of hydrogen-bond acceptors (Lipinski definition) is 2. The van der Waals surface area contributed by atoms with Gasteiger partial charge in [0.15, 0.2) is 0 Å². The predicted molar refractivity (Wildman–Crippen MR) is 93.6 cm³/mol. The molecule has 0 atom stereocenters. The largest absolute Gasteiger partial charge is 0.383 e. The lowest BCUT2D eigenvalue weighted by molar-refractivity contribution is 0.510. The van der Waals surface area contributed by atoms with Gasteiger partial charge >= 0.3 is 0 Å². The Kier molecular flexibility index (Phi) is 5.33. The van der Waals surface area contributed by atoms with E-state index in [4.69, 9.17) is 22.3 Å². The molecule has 0 spiro atoms. The summed E-state index contributed by atoms with van der Waals surface area (Å²) in [6.45, 7) is 7.42. The first-order valence-corrected chi connectivity index (χ1v) is 8.41. The summed E-state index contributed by atoms with van der Waals surface area (Å²) in [5.74, 6) is 2.33. The van der Waals surface area contributed by atoms with Gasteiger partial charge in [-0.15, -0.1) is 0 Å². The maximum Gasteiger partial charge on any atom is 0.131 e. The van der Waals surface area contributed by atoms with Gasteiger partial charge in [-0.1, -0.05) is 38.4 Å². The Balaban J connectivity index is 2.50. The van der Waals surface area contributed by atoms with Gasteiger partial charge in [0.1, 0.15) is 17.3 Å². The van der Waals surface area contributed by atoms with Crippen molar-refractivity contribution in [3.8, 4) is 11.3 Å². The minimum atomic E-state index is 0.530. The molecule has 0 radical (unpaired) electrons. The molecule has 2 rings (SSSR count). The van der Waals surface area contributed by atoms with E-state index < -0.39 is 0 Å². The van der Waals surface area contributed by atoms with Crippen molar-refractivity contribution in [2.24, 2.45) is 5.92 Å². The summed E-state index contributed by atoms with van der Waals surface area (Å²) in [5, 5.41) is 0.688. The predicted octanol–water partition coefficient (Wildman–Crippen LogP) is 5.16. The molecule has 0 bridgehead atoms. The summed E-state index contributed by atoms with van der Waals surface area (Å²) in [7, 11) is 0. The molecule has 0 amide bonds. The number of anilines is 1. The monoisotopic (exact) mass is 369 g/mol. The highest BCUT2D eigenvalue weighted by molar-refractivity contribution is 9.10. The molecule has 3 nitrogen and oxygen atoms in total. The number of hydrogen-bond donors (Lipinski definition) is 1. The van der Waals surface area contributed by atoms with E-state index in [0.29, 0.717) is 10.9 Å². The number of aromatic nitrogens is 2. The molecule has 21 heavy (non-hydrogen) atoms. The molecule has 1 aromatic heterocycles. The van der Waals surface area contributed by atoms with Crippen LogP contribution in [-0.4, -0.2) is 9.55 Å². The second kappa shape index (κ2) is 6.84. The van der Waals surface area contributed by atoms with E-state index in [-0.39, 0.29) is 0 Å². The third kappa shape index (κ3) is 3.61. The van der Waals surface area contributed by atoms with Crippen molar-refractivity contribution in [1.82, 2.24) is 9.55 Å². The topological polar surface area (TPSA) is 43.8 Å². The zero-order valence-electron chi connectivity index (χ0n) is 12.7. The second-order valence-electron chi connectivity index (χ2n) is 5.65. The van der Waals surface area contributed by atoms with Gasteiger partial charge in [-0.2, -0.15) is 0 Å². The first-order valence-electron chi connectivity index (χ1n) is 7.24. The van der Waals surface area contributed by atoms with E-state index in [1.807, 2.05) is 18.2 Å². The van der Waals surface area contributed by atoms with E-state index in [2.05, 4.69) is 41.3 Å². The number of aryl methyl sites for hydroxylation is 1. The van der Waals surface area contributed by atoms with E-state index in [1.54, 1.807) is 0 Å². The highest BCUT2D eigenvalue weighted by atomic mass is 79.9. The molecule has 1 heterocycles. The van der Waals surface area contributed by atoms with Crippen molar-refractivity contribution in [3.05, 3.63) is 33.5 Å². The number of benzene rings is 1. The molecule has 2 aromatic rings. The van der Waals surface area contributed by atoms with Crippen LogP contribution in [0.5, 0.6) is 0 Å². The first-order chi connectivity index (χ1) is 9.93. The van der Waals surface area contributed by atoms with Crippen molar-refractivity contribution in [1.29, 1.82) is 0 Å². The highest BCUT2D eigenvalue weighted by Gasteiger charge is 2.17. The minimum Gasteiger partial charge on any atom is -0.383 e. The lowest BCUT2D eigenvalue weighted by Crippen LogP contribution is -2.11. The van der Waals surface area contributed by atoms with Crippen LogP contribution in [0.3, 0.4) is 0 Å². The van der Waals surface area contributed by atoms with Gasteiger partial charge in [-0.25, -0.2) is 4.98 Å². The minimum absolute atomic E-state index is 0.530. The molecule has 2 N–H and O–H groups in total. The average molecular weight is 371 g/mol. The van der Waals surface area contributed by atoms with Crippen molar-refractivity contribution < 1.29 is 0 Å². The molecular formula is C16H21BrClN3. The summed E-state index contributed by atoms with van der Waals surface area (Å²) in [5.41, 5.74) is 8.19. The first kappa shape index (κ1) is 16.4. The van der Waals surface area contributed by atoms with Gasteiger partial charge in [-0.05, 0) is 40.4 Å². The van der Waals surface area contributed by atoms with Crippen molar-refractivity contribution in [2.75, 3.05) is 5.73 Å². The molecule has 0 unspecified atom stereocenters. The standard InChI is InChI=1S/C16H21BrClN3/c1-4-5-14-20-15(16(19)21(14)9-10(2)3)11-6-7-13(18)12(17)8-11/h6-8,10H,4-5,9,19H2,1-3H3. The Bertz CT molecular complexity index is 635. The van der Waals surface area contributed by atoms with E-state index in [9.17, 15) is 0 Å². The highest BCUT2D eigenvalue weighted by Crippen LogP contribution is 2.32. The number of halogens is 2. The zero-order valence-corrected chi connectivity index (χ0v) is 15.0. The Labute approximate surface area is 139 Å². The fourth-order valence-corrected chi connectivity index (χ4v) is 2.85. The second-order valence-corrected chi connectivity index (χ2v) is 6.91. The lowest BCUT2D eigenvalue weighted by atomic mass is 10.1. The number of nitrogens with two attached hydrogens (primary N) is 1.